The van der Waals surface area contributed by atoms with Crippen LogP contribution in [0.4, 0.5) is 0 Å². The first-order valence-electron chi connectivity index (χ1n) is 5.39. The number of carbonyl (C=O) groups is 2. The van der Waals surface area contributed by atoms with Gasteiger partial charge in [-0.3, -0.25) is 25.4 Å². The van der Waals surface area contributed by atoms with Crippen LogP contribution in [0.3, 0.4) is 0 Å². The fourth-order valence-electron chi connectivity index (χ4n) is 1.55. The average Bonchev–Trinajstić information content (AvgIpc) is 2.90. The van der Waals surface area contributed by atoms with Crippen molar-refractivity contribution >= 4 is 11.8 Å². The Kier molecular flexibility index (Phi) is 3.66. The highest BCUT2D eigenvalue weighted by molar-refractivity contribution is 5.95. The van der Waals surface area contributed by atoms with E-state index in [1.54, 1.807) is 18.3 Å². The molecule has 0 spiro atoms. The Morgan fingerprint density at radius 1 is 1.41 bits per heavy atom. The number of ether oxygens (including phenoxy) is 1. The molecule has 6 nitrogen and oxygen atoms in total. The first-order chi connectivity index (χ1) is 8.27. The summed E-state index contributed by atoms with van der Waals surface area (Å²) in [6.45, 7) is 0.592. The number of hydrogen-bond acceptors (Lipinski definition) is 4. The van der Waals surface area contributed by atoms with E-state index in [1.807, 2.05) is 0 Å². The second kappa shape index (κ2) is 5.40. The number of aromatic nitrogens is 1. The fourth-order valence-corrected chi connectivity index (χ4v) is 1.55. The van der Waals surface area contributed by atoms with Gasteiger partial charge in [0.15, 0.2) is 0 Å². The molecule has 1 saturated heterocycles. The van der Waals surface area contributed by atoms with Gasteiger partial charge in [0.2, 0.25) is 0 Å². The molecule has 1 atom stereocenters. The molecule has 0 saturated carbocycles. The van der Waals surface area contributed by atoms with Crippen molar-refractivity contribution in [1.29, 1.82) is 0 Å². The highest BCUT2D eigenvalue weighted by atomic mass is 16.5. The first kappa shape index (κ1) is 11.5. The monoisotopic (exact) mass is 235 g/mol. The molecule has 0 aromatic carbocycles. The SMILES string of the molecule is O=C(NNC(=O)[C@H]1CCCO1)c1cccnc1. The van der Waals surface area contributed by atoms with Crippen molar-refractivity contribution in [1.82, 2.24) is 15.8 Å². The van der Waals surface area contributed by atoms with Crippen LogP contribution in [0, 0.1) is 0 Å². The third kappa shape index (κ3) is 3.01. The molecule has 0 aliphatic carbocycles. The van der Waals surface area contributed by atoms with Gasteiger partial charge >= 0.3 is 0 Å². The van der Waals surface area contributed by atoms with Gasteiger partial charge < -0.3 is 4.74 Å². The van der Waals surface area contributed by atoms with Crippen molar-refractivity contribution in [3.8, 4) is 0 Å². The summed E-state index contributed by atoms with van der Waals surface area (Å²) in [7, 11) is 0. The van der Waals surface area contributed by atoms with Crippen LogP contribution in [-0.4, -0.2) is 29.5 Å². The van der Waals surface area contributed by atoms with Gasteiger partial charge in [-0.05, 0) is 25.0 Å². The molecule has 2 N–H and O–H groups in total. The Morgan fingerprint density at radius 3 is 2.94 bits per heavy atom. The molecule has 2 rings (SSSR count). The summed E-state index contributed by atoms with van der Waals surface area (Å²) in [4.78, 5) is 26.9. The predicted molar refractivity (Wildman–Crippen MR) is 58.8 cm³/mol. The van der Waals surface area contributed by atoms with Crippen molar-refractivity contribution in [2.45, 2.75) is 18.9 Å². The Balaban J connectivity index is 1.82. The number of nitrogens with zero attached hydrogens (tertiary/aromatic N) is 1. The average molecular weight is 235 g/mol. The molecule has 1 aromatic rings. The Labute approximate surface area is 98.3 Å². The van der Waals surface area contributed by atoms with Gasteiger partial charge in [0.25, 0.3) is 11.8 Å². The lowest BCUT2D eigenvalue weighted by molar-refractivity contribution is -0.130. The molecule has 17 heavy (non-hydrogen) atoms. The fraction of sp³-hybridized carbons (Fsp3) is 0.364. The summed E-state index contributed by atoms with van der Waals surface area (Å²) < 4.78 is 5.18. The molecular weight excluding hydrogens is 222 g/mol. The summed E-state index contributed by atoms with van der Waals surface area (Å²) in [5.74, 6) is -0.718. The van der Waals surface area contributed by atoms with Crippen LogP contribution in [-0.2, 0) is 9.53 Å². The number of amides is 2. The van der Waals surface area contributed by atoms with Crippen molar-refractivity contribution in [2.75, 3.05) is 6.61 Å². The van der Waals surface area contributed by atoms with E-state index in [-0.39, 0.29) is 5.91 Å². The zero-order chi connectivity index (χ0) is 12.1. The predicted octanol–water partition coefficient (Wildman–Crippen LogP) is 0.0216. The number of pyridine rings is 1. The van der Waals surface area contributed by atoms with Gasteiger partial charge in [0.1, 0.15) is 6.10 Å². The summed E-state index contributed by atoms with van der Waals surface area (Å²) in [5.41, 5.74) is 5.04. The molecule has 0 radical (unpaired) electrons. The van der Waals surface area contributed by atoms with Crippen LogP contribution in [0.1, 0.15) is 23.2 Å². The Hall–Kier alpha value is -1.95. The molecule has 6 heteroatoms. The lowest BCUT2D eigenvalue weighted by Gasteiger charge is -2.11. The van der Waals surface area contributed by atoms with Crippen molar-refractivity contribution < 1.29 is 14.3 Å². The van der Waals surface area contributed by atoms with E-state index in [0.29, 0.717) is 18.6 Å². The van der Waals surface area contributed by atoms with Gasteiger partial charge in [0, 0.05) is 19.0 Å². The quantitative estimate of drug-likeness (QED) is 0.708. The molecule has 1 fully saturated rings. The molecule has 2 heterocycles. The molecule has 90 valence electrons. The zero-order valence-electron chi connectivity index (χ0n) is 9.18. The third-order valence-corrected chi connectivity index (χ3v) is 2.45. The van der Waals surface area contributed by atoms with E-state index in [9.17, 15) is 9.59 Å². The maximum Gasteiger partial charge on any atom is 0.271 e. The summed E-state index contributed by atoms with van der Waals surface area (Å²) in [6, 6.07) is 3.26. The number of hydrogen-bond donors (Lipinski definition) is 2. The smallest absolute Gasteiger partial charge is 0.271 e. The van der Waals surface area contributed by atoms with E-state index >= 15 is 0 Å². The number of nitrogens with one attached hydrogen (secondary N) is 2. The van der Waals surface area contributed by atoms with Crippen molar-refractivity contribution in [2.24, 2.45) is 0 Å². The molecule has 0 bridgehead atoms. The lowest BCUT2D eigenvalue weighted by Crippen LogP contribution is -2.46. The zero-order valence-corrected chi connectivity index (χ0v) is 9.18. The highest BCUT2D eigenvalue weighted by Crippen LogP contribution is 2.11. The molecule has 1 aliphatic rings. The van der Waals surface area contributed by atoms with Crippen LogP contribution in [0.15, 0.2) is 24.5 Å². The Morgan fingerprint density at radius 2 is 2.29 bits per heavy atom. The van der Waals surface area contributed by atoms with Crippen LogP contribution >= 0.6 is 0 Å². The lowest BCUT2D eigenvalue weighted by atomic mass is 10.2. The topological polar surface area (TPSA) is 80.3 Å². The summed E-state index contributed by atoms with van der Waals surface area (Å²) in [5, 5.41) is 0. The maximum atomic E-state index is 11.6. The van der Waals surface area contributed by atoms with E-state index in [1.165, 1.54) is 6.20 Å². The van der Waals surface area contributed by atoms with Gasteiger partial charge in [-0.15, -0.1) is 0 Å². The van der Waals surface area contributed by atoms with E-state index < -0.39 is 12.0 Å². The molecule has 0 unspecified atom stereocenters. The van der Waals surface area contributed by atoms with E-state index in [2.05, 4.69) is 15.8 Å². The first-order valence-corrected chi connectivity index (χ1v) is 5.39. The van der Waals surface area contributed by atoms with Crippen LogP contribution in [0.25, 0.3) is 0 Å². The van der Waals surface area contributed by atoms with Crippen molar-refractivity contribution in [3.05, 3.63) is 30.1 Å². The van der Waals surface area contributed by atoms with E-state index in [0.717, 1.165) is 6.42 Å². The van der Waals surface area contributed by atoms with Crippen LogP contribution < -0.4 is 10.9 Å². The van der Waals surface area contributed by atoms with Gasteiger partial charge in [-0.2, -0.15) is 0 Å². The normalized spacial score (nSPS) is 18.7. The maximum absolute atomic E-state index is 11.6. The highest BCUT2D eigenvalue weighted by Gasteiger charge is 2.23. The van der Waals surface area contributed by atoms with E-state index in [4.69, 9.17) is 4.74 Å². The minimum absolute atomic E-state index is 0.320. The summed E-state index contributed by atoms with van der Waals surface area (Å²) in [6.07, 6.45) is 4.10. The number of hydrazine groups is 1. The standard InChI is InChI=1S/C11H13N3O3/c15-10(8-3-1-5-12-7-8)13-14-11(16)9-4-2-6-17-9/h1,3,5,7,9H,2,4,6H2,(H,13,15)(H,14,16)/t9-/m1/s1. The van der Waals surface area contributed by atoms with Crippen molar-refractivity contribution in [3.63, 3.8) is 0 Å². The van der Waals surface area contributed by atoms with Crippen LogP contribution in [0.2, 0.25) is 0 Å². The largest absolute Gasteiger partial charge is 0.368 e. The molecule has 2 amide bonds. The Bertz CT molecular complexity index is 402. The van der Waals surface area contributed by atoms with Gasteiger partial charge in [-0.25, -0.2) is 0 Å². The van der Waals surface area contributed by atoms with Gasteiger partial charge in [0.05, 0.1) is 5.56 Å². The number of rotatable bonds is 2. The summed E-state index contributed by atoms with van der Waals surface area (Å²) >= 11 is 0. The third-order valence-electron chi connectivity index (χ3n) is 2.45. The van der Waals surface area contributed by atoms with Gasteiger partial charge in [-0.1, -0.05) is 0 Å². The minimum Gasteiger partial charge on any atom is -0.368 e. The second-order valence-electron chi connectivity index (χ2n) is 3.69. The molecule has 1 aliphatic heterocycles. The molecular formula is C11H13N3O3. The second-order valence-corrected chi connectivity index (χ2v) is 3.69. The minimum atomic E-state index is -0.454. The number of carbonyl (C=O) groups excluding carboxylic acids is 2. The molecule has 1 aromatic heterocycles. The van der Waals surface area contributed by atoms with Crippen LogP contribution in [0.5, 0.6) is 0 Å².